The quantitative estimate of drug-likeness (QED) is 0.929. The van der Waals surface area contributed by atoms with Crippen molar-refractivity contribution in [1.82, 2.24) is 4.90 Å². The molecular formula is C18H25N3O2. The first kappa shape index (κ1) is 15.8. The van der Waals surface area contributed by atoms with Crippen LogP contribution in [0.2, 0.25) is 0 Å². The molecular weight excluding hydrogens is 290 g/mol. The zero-order chi connectivity index (χ0) is 16.2. The summed E-state index contributed by atoms with van der Waals surface area (Å²) in [6.07, 6.45) is 3.90. The number of hydrogen-bond acceptors (Lipinski definition) is 3. The molecule has 1 aromatic carbocycles. The number of hydrogen-bond donors (Lipinski definition) is 1. The lowest BCUT2D eigenvalue weighted by atomic mass is 9.99. The standard InChI is InChI=1S/C18H25N3O2/c1-14-8-11-20(12-9-14)16-6-4-15(5-7-16)19-17(22)13-21-10-2-3-18(21)23/h4-7,14H,2-3,8-13H2,1H3,(H,19,22). The van der Waals surface area contributed by atoms with Crippen molar-refractivity contribution >= 4 is 23.2 Å². The van der Waals surface area contributed by atoms with Crippen molar-refractivity contribution in [3.05, 3.63) is 24.3 Å². The molecule has 0 bridgehead atoms. The molecule has 5 nitrogen and oxygen atoms in total. The summed E-state index contributed by atoms with van der Waals surface area (Å²) < 4.78 is 0. The Kier molecular flexibility index (Phi) is 4.84. The lowest BCUT2D eigenvalue weighted by Crippen LogP contribution is -2.34. The molecule has 1 N–H and O–H groups in total. The summed E-state index contributed by atoms with van der Waals surface area (Å²) in [5, 5.41) is 2.88. The number of carbonyl (C=O) groups is 2. The fourth-order valence-corrected chi connectivity index (χ4v) is 3.27. The van der Waals surface area contributed by atoms with Crippen molar-refractivity contribution in [2.75, 3.05) is 36.4 Å². The van der Waals surface area contributed by atoms with Crippen LogP contribution in [0.1, 0.15) is 32.6 Å². The molecule has 2 aliphatic rings. The van der Waals surface area contributed by atoms with E-state index >= 15 is 0 Å². The van der Waals surface area contributed by atoms with Crippen LogP contribution < -0.4 is 10.2 Å². The highest BCUT2D eigenvalue weighted by atomic mass is 16.2. The van der Waals surface area contributed by atoms with Crippen molar-refractivity contribution in [2.45, 2.75) is 32.6 Å². The number of carbonyl (C=O) groups excluding carboxylic acids is 2. The van der Waals surface area contributed by atoms with E-state index in [1.807, 2.05) is 12.1 Å². The second-order valence-corrected chi connectivity index (χ2v) is 6.68. The van der Waals surface area contributed by atoms with Gasteiger partial charge in [-0.15, -0.1) is 0 Å². The molecule has 0 radical (unpaired) electrons. The Morgan fingerprint density at radius 3 is 2.48 bits per heavy atom. The third kappa shape index (κ3) is 4.03. The fourth-order valence-electron chi connectivity index (χ4n) is 3.27. The van der Waals surface area contributed by atoms with Crippen LogP contribution in [0.25, 0.3) is 0 Å². The van der Waals surface area contributed by atoms with Gasteiger partial charge < -0.3 is 15.1 Å². The molecule has 2 amide bonds. The monoisotopic (exact) mass is 315 g/mol. The Bertz CT molecular complexity index is 562. The largest absolute Gasteiger partial charge is 0.372 e. The zero-order valence-electron chi connectivity index (χ0n) is 13.8. The second kappa shape index (κ2) is 7.02. The summed E-state index contributed by atoms with van der Waals surface area (Å²) in [5.41, 5.74) is 2.00. The summed E-state index contributed by atoms with van der Waals surface area (Å²) in [6.45, 7) is 5.36. The Balaban J connectivity index is 1.53. The lowest BCUT2D eigenvalue weighted by Gasteiger charge is -2.32. The highest BCUT2D eigenvalue weighted by Gasteiger charge is 2.22. The van der Waals surface area contributed by atoms with Crippen molar-refractivity contribution in [1.29, 1.82) is 0 Å². The van der Waals surface area contributed by atoms with Gasteiger partial charge in [-0.25, -0.2) is 0 Å². The van der Waals surface area contributed by atoms with Gasteiger partial charge in [0.05, 0.1) is 6.54 Å². The van der Waals surface area contributed by atoms with Gasteiger partial charge in [0.25, 0.3) is 0 Å². The van der Waals surface area contributed by atoms with Gasteiger partial charge in [0, 0.05) is 37.4 Å². The predicted molar refractivity (Wildman–Crippen MR) is 91.5 cm³/mol. The maximum atomic E-state index is 12.0. The number of amides is 2. The van der Waals surface area contributed by atoms with Gasteiger partial charge in [0.2, 0.25) is 11.8 Å². The number of nitrogens with zero attached hydrogens (tertiary/aromatic N) is 2. The van der Waals surface area contributed by atoms with Crippen LogP contribution in [-0.4, -0.2) is 42.9 Å². The number of piperidine rings is 1. The van der Waals surface area contributed by atoms with E-state index in [2.05, 4.69) is 29.3 Å². The van der Waals surface area contributed by atoms with Gasteiger partial charge in [-0.3, -0.25) is 9.59 Å². The Labute approximate surface area is 137 Å². The van der Waals surface area contributed by atoms with Gasteiger partial charge in [0.15, 0.2) is 0 Å². The minimum absolute atomic E-state index is 0.0785. The van der Waals surface area contributed by atoms with E-state index in [-0.39, 0.29) is 18.4 Å². The smallest absolute Gasteiger partial charge is 0.243 e. The second-order valence-electron chi connectivity index (χ2n) is 6.68. The predicted octanol–water partition coefficient (Wildman–Crippen LogP) is 2.48. The summed E-state index contributed by atoms with van der Waals surface area (Å²) in [7, 11) is 0. The third-order valence-electron chi connectivity index (χ3n) is 4.81. The number of anilines is 2. The molecule has 2 aliphatic heterocycles. The molecule has 2 saturated heterocycles. The average molecular weight is 315 g/mol. The number of rotatable bonds is 4. The van der Waals surface area contributed by atoms with Crippen LogP contribution >= 0.6 is 0 Å². The highest BCUT2D eigenvalue weighted by Crippen LogP contribution is 2.24. The average Bonchev–Trinajstić information content (AvgIpc) is 2.94. The molecule has 5 heteroatoms. The van der Waals surface area contributed by atoms with Crippen LogP contribution in [0.4, 0.5) is 11.4 Å². The molecule has 124 valence electrons. The molecule has 3 rings (SSSR count). The van der Waals surface area contributed by atoms with E-state index in [0.29, 0.717) is 13.0 Å². The molecule has 2 fully saturated rings. The summed E-state index contributed by atoms with van der Waals surface area (Å²) in [4.78, 5) is 27.6. The first-order valence-corrected chi connectivity index (χ1v) is 8.54. The van der Waals surface area contributed by atoms with E-state index in [9.17, 15) is 9.59 Å². The van der Waals surface area contributed by atoms with Crippen molar-refractivity contribution < 1.29 is 9.59 Å². The molecule has 2 heterocycles. The fraction of sp³-hybridized carbons (Fsp3) is 0.556. The number of benzene rings is 1. The van der Waals surface area contributed by atoms with Crippen LogP contribution in [0, 0.1) is 5.92 Å². The van der Waals surface area contributed by atoms with Gasteiger partial charge in [-0.1, -0.05) is 6.92 Å². The third-order valence-corrected chi connectivity index (χ3v) is 4.81. The number of nitrogens with one attached hydrogen (secondary N) is 1. The molecule has 0 atom stereocenters. The minimum Gasteiger partial charge on any atom is -0.372 e. The van der Waals surface area contributed by atoms with E-state index in [1.165, 1.54) is 18.5 Å². The molecule has 0 saturated carbocycles. The molecule has 0 unspecified atom stereocenters. The Morgan fingerprint density at radius 2 is 1.87 bits per heavy atom. The van der Waals surface area contributed by atoms with Crippen LogP contribution in [0.15, 0.2) is 24.3 Å². The van der Waals surface area contributed by atoms with Crippen LogP contribution in [-0.2, 0) is 9.59 Å². The molecule has 0 aliphatic carbocycles. The van der Waals surface area contributed by atoms with Crippen LogP contribution in [0.3, 0.4) is 0 Å². The van der Waals surface area contributed by atoms with Gasteiger partial charge in [0.1, 0.15) is 0 Å². The maximum absolute atomic E-state index is 12.0. The van der Waals surface area contributed by atoms with Crippen LogP contribution in [0.5, 0.6) is 0 Å². The van der Waals surface area contributed by atoms with Gasteiger partial charge >= 0.3 is 0 Å². The van der Waals surface area contributed by atoms with Gasteiger partial charge in [-0.2, -0.15) is 0 Å². The lowest BCUT2D eigenvalue weighted by molar-refractivity contribution is -0.131. The Hall–Kier alpha value is -2.04. The SMILES string of the molecule is CC1CCN(c2ccc(NC(=O)CN3CCCC3=O)cc2)CC1. The topological polar surface area (TPSA) is 52.7 Å². The van der Waals surface area contributed by atoms with E-state index in [0.717, 1.165) is 31.1 Å². The summed E-state index contributed by atoms with van der Waals surface area (Å²) in [5.74, 6) is 0.771. The summed E-state index contributed by atoms with van der Waals surface area (Å²) >= 11 is 0. The maximum Gasteiger partial charge on any atom is 0.243 e. The summed E-state index contributed by atoms with van der Waals surface area (Å²) in [6, 6.07) is 8.01. The normalized spacial score (nSPS) is 19.3. The van der Waals surface area contributed by atoms with Crippen molar-refractivity contribution in [3.8, 4) is 0 Å². The van der Waals surface area contributed by atoms with E-state index in [1.54, 1.807) is 4.90 Å². The first-order valence-electron chi connectivity index (χ1n) is 8.54. The Morgan fingerprint density at radius 1 is 1.17 bits per heavy atom. The van der Waals surface area contributed by atoms with Crippen molar-refractivity contribution in [3.63, 3.8) is 0 Å². The van der Waals surface area contributed by atoms with Gasteiger partial charge in [-0.05, 0) is 49.4 Å². The molecule has 0 spiro atoms. The van der Waals surface area contributed by atoms with E-state index < -0.39 is 0 Å². The molecule has 1 aromatic rings. The van der Waals surface area contributed by atoms with E-state index in [4.69, 9.17) is 0 Å². The molecule has 0 aromatic heterocycles. The number of likely N-dealkylation sites (tertiary alicyclic amines) is 1. The minimum atomic E-state index is -0.125. The molecule has 23 heavy (non-hydrogen) atoms. The zero-order valence-corrected chi connectivity index (χ0v) is 13.8. The van der Waals surface area contributed by atoms with Crippen molar-refractivity contribution in [2.24, 2.45) is 5.92 Å². The highest BCUT2D eigenvalue weighted by molar-refractivity contribution is 5.95. The first-order chi connectivity index (χ1) is 11.1.